The Bertz CT molecular complexity index is 494. The maximum absolute atomic E-state index is 12.0. The zero-order valence-corrected chi connectivity index (χ0v) is 12.0. The number of halogens is 1. The Kier molecular flexibility index (Phi) is 5.36. The molecular weight excluding hydrogens is 268 g/mol. The summed E-state index contributed by atoms with van der Waals surface area (Å²) in [5, 5.41) is 9.08. The zero-order chi connectivity index (χ0) is 14.6. The molecule has 0 bridgehead atoms. The van der Waals surface area contributed by atoms with Crippen molar-refractivity contribution in [3.8, 4) is 5.75 Å². The van der Waals surface area contributed by atoms with Crippen molar-refractivity contribution in [2.45, 2.75) is 39.7 Å². The molecule has 19 heavy (non-hydrogen) atoms. The van der Waals surface area contributed by atoms with Crippen LogP contribution >= 0.6 is 11.6 Å². The summed E-state index contributed by atoms with van der Waals surface area (Å²) < 4.78 is 5.58. The number of carbonyl (C=O) groups is 2. The molecule has 0 spiro atoms. The van der Waals surface area contributed by atoms with Crippen LogP contribution in [0, 0.1) is 6.92 Å². The van der Waals surface area contributed by atoms with E-state index in [2.05, 4.69) is 0 Å². The number of aliphatic carboxylic acids is 1. The van der Waals surface area contributed by atoms with E-state index in [1.807, 2.05) is 20.8 Å². The maximum atomic E-state index is 12.0. The number of hydrogen-bond donors (Lipinski definition) is 1. The molecule has 1 rings (SSSR count). The Morgan fingerprint density at radius 2 is 1.95 bits per heavy atom. The fraction of sp³-hybridized carbons (Fsp3) is 0.429. The number of Topliss-reactive ketones (excluding diaryl/α,β-unsaturated/α-hetero) is 1. The number of ether oxygens (including phenoxy) is 1. The van der Waals surface area contributed by atoms with Crippen LogP contribution < -0.4 is 4.74 Å². The predicted octanol–water partition coefficient (Wildman–Crippen LogP) is 3.48. The average Bonchev–Trinajstić information content (AvgIpc) is 2.29. The van der Waals surface area contributed by atoms with Crippen LogP contribution in [0.2, 0.25) is 5.02 Å². The number of carboxylic acids is 1. The molecule has 1 aromatic carbocycles. The van der Waals surface area contributed by atoms with E-state index in [1.54, 1.807) is 12.1 Å². The summed E-state index contributed by atoms with van der Waals surface area (Å²) in [6, 6.07) is 3.25. The number of carbonyl (C=O) groups excluding carboxylic acids is 1. The van der Waals surface area contributed by atoms with Gasteiger partial charge in [-0.2, -0.15) is 0 Å². The number of rotatable bonds is 6. The molecule has 4 nitrogen and oxygen atoms in total. The summed E-state index contributed by atoms with van der Waals surface area (Å²) >= 11 is 6.01. The van der Waals surface area contributed by atoms with Gasteiger partial charge in [0.1, 0.15) is 5.75 Å². The second-order valence-corrected chi connectivity index (χ2v) is 4.99. The van der Waals surface area contributed by atoms with Gasteiger partial charge in [0, 0.05) is 11.4 Å². The van der Waals surface area contributed by atoms with Crippen LogP contribution in [-0.2, 0) is 4.79 Å². The lowest BCUT2D eigenvalue weighted by atomic mass is 10.0. The van der Waals surface area contributed by atoms with Crippen LogP contribution in [0.25, 0.3) is 0 Å². The third-order valence-electron chi connectivity index (χ3n) is 2.49. The number of ketones is 1. The zero-order valence-electron chi connectivity index (χ0n) is 11.2. The largest absolute Gasteiger partial charge is 0.490 e. The first kappa shape index (κ1) is 15.5. The van der Waals surface area contributed by atoms with Crippen LogP contribution in [-0.4, -0.2) is 23.0 Å². The van der Waals surface area contributed by atoms with E-state index in [-0.39, 0.29) is 24.7 Å². The highest BCUT2D eigenvalue weighted by Gasteiger charge is 2.17. The van der Waals surface area contributed by atoms with E-state index in [0.29, 0.717) is 16.3 Å². The number of aryl methyl sites for hydroxylation is 1. The van der Waals surface area contributed by atoms with Gasteiger partial charge in [-0.05, 0) is 38.5 Å². The van der Waals surface area contributed by atoms with Crippen LogP contribution in [0.5, 0.6) is 5.75 Å². The minimum atomic E-state index is -1.00. The molecule has 1 N–H and O–H groups in total. The van der Waals surface area contributed by atoms with Gasteiger partial charge in [-0.1, -0.05) is 11.6 Å². The predicted molar refractivity (Wildman–Crippen MR) is 73.2 cm³/mol. The molecule has 0 aliphatic rings. The lowest BCUT2D eigenvalue weighted by Crippen LogP contribution is -2.11. The minimum Gasteiger partial charge on any atom is -0.490 e. The molecule has 1 aromatic rings. The van der Waals surface area contributed by atoms with E-state index in [0.717, 1.165) is 5.56 Å². The van der Waals surface area contributed by atoms with Crippen LogP contribution in [0.3, 0.4) is 0 Å². The van der Waals surface area contributed by atoms with Gasteiger partial charge in [0.15, 0.2) is 5.78 Å². The van der Waals surface area contributed by atoms with Crippen LogP contribution in [0.1, 0.15) is 42.6 Å². The summed E-state index contributed by atoms with van der Waals surface area (Å²) in [6.45, 7) is 5.53. The van der Waals surface area contributed by atoms with Crippen molar-refractivity contribution in [1.82, 2.24) is 0 Å². The smallest absolute Gasteiger partial charge is 0.303 e. The Labute approximate surface area is 117 Å². The molecule has 5 heteroatoms. The molecule has 0 amide bonds. The monoisotopic (exact) mass is 284 g/mol. The Morgan fingerprint density at radius 3 is 2.47 bits per heavy atom. The summed E-state index contributed by atoms with van der Waals surface area (Å²) in [6.07, 6.45) is -0.346. The molecule has 0 atom stereocenters. The lowest BCUT2D eigenvalue weighted by molar-refractivity contribution is -0.136. The van der Waals surface area contributed by atoms with E-state index in [4.69, 9.17) is 21.4 Å². The molecule has 0 aliphatic carbocycles. The molecule has 0 fully saturated rings. The molecule has 0 radical (unpaired) electrons. The van der Waals surface area contributed by atoms with E-state index < -0.39 is 5.97 Å². The van der Waals surface area contributed by atoms with Gasteiger partial charge in [-0.15, -0.1) is 0 Å². The van der Waals surface area contributed by atoms with Crippen molar-refractivity contribution in [3.63, 3.8) is 0 Å². The Hall–Kier alpha value is -1.55. The molecule has 0 saturated carbocycles. The Morgan fingerprint density at radius 1 is 1.32 bits per heavy atom. The number of benzene rings is 1. The highest BCUT2D eigenvalue weighted by Crippen LogP contribution is 2.28. The van der Waals surface area contributed by atoms with Crippen molar-refractivity contribution < 1.29 is 19.4 Å². The van der Waals surface area contributed by atoms with E-state index in [1.165, 1.54) is 0 Å². The first-order chi connectivity index (χ1) is 8.81. The molecule has 104 valence electrons. The number of carboxylic acid groups (broad SMARTS) is 1. The van der Waals surface area contributed by atoms with Gasteiger partial charge in [0.2, 0.25) is 0 Å². The van der Waals surface area contributed by atoms with Crippen molar-refractivity contribution in [2.75, 3.05) is 0 Å². The van der Waals surface area contributed by atoms with E-state index in [9.17, 15) is 9.59 Å². The van der Waals surface area contributed by atoms with Crippen LogP contribution in [0.4, 0.5) is 0 Å². The van der Waals surface area contributed by atoms with Gasteiger partial charge in [0.05, 0.1) is 18.1 Å². The molecule has 0 saturated heterocycles. The summed E-state index contributed by atoms with van der Waals surface area (Å²) in [4.78, 5) is 22.5. The minimum absolute atomic E-state index is 0.0663. The first-order valence-electron chi connectivity index (χ1n) is 6.03. The molecule has 0 heterocycles. The van der Waals surface area contributed by atoms with Gasteiger partial charge < -0.3 is 9.84 Å². The normalized spacial score (nSPS) is 10.6. The molecule has 0 aliphatic heterocycles. The van der Waals surface area contributed by atoms with Crippen molar-refractivity contribution >= 4 is 23.4 Å². The molecule has 0 unspecified atom stereocenters. The summed E-state index contributed by atoms with van der Waals surface area (Å²) in [5.74, 6) is -0.829. The van der Waals surface area contributed by atoms with Gasteiger partial charge in [-0.25, -0.2) is 0 Å². The van der Waals surface area contributed by atoms with Crippen LogP contribution in [0.15, 0.2) is 12.1 Å². The highest BCUT2D eigenvalue weighted by atomic mass is 35.5. The quantitative estimate of drug-likeness (QED) is 0.812. The Balaban J connectivity index is 3.05. The summed E-state index contributed by atoms with van der Waals surface area (Å²) in [7, 11) is 0. The topological polar surface area (TPSA) is 63.6 Å². The van der Waals surface area contributed by atoms with E-state index >= 15 is 0 Å². The molecular formula is C14H17ClO4. The second kappa shape index (κ2) is 6.57. The SMILES string of the molecule is Cc1cc(OC(C)C)c(C(=O)CCC(=O)O)cc1Cl. The second-order valence-electron chi connectivity index (χ2n) is 4.58. The number of hydrogen-bond acceptors (Lipinski definition) is 3. The third-order valence-corrected chi connectivity index (χ3v) is 2.90. The van der Waals surface area contributed by atoms with Gasteiger partial charge in [-0.3, -0.25) is 9.59 Å². The fourth-order valence-corrected chi connectivity index (χ4v) is 1.74. The lowest BCUT2D eigenvalue weighted by Gasteiger charge is -2.15. The van der Waals surface area contributed by atoms with Gasteiger partial charge >= 0.3 is 5.97 Å². The first-order valence-corrected chi connectivity index (χ1v) is 6.41. The highest BCUT2D eigenvalue weighted by molar-refractivity contribution is 6.31. The molecule has 0 aromatic heterocycles. The van der Waals surface area contributed by atoms with Crippen molar-refractivity contribution in [2.24, 2.45) is 0 Å². The maximum Gasteiger partial charge on any atom is 0.303 e. The van der Waals surface area contributed by atoms with Crippen molar-refractivity contribution in [3.05, 3.63) is 28.3 Å². The standard InChI is InChI=1S/C14H17ClO4/c1-8(2)19-13-6-9(3)11(15)7-10(13)12(16)4-5-14(17)18/h6-8H,4-5H2,1-3H3,(H,17,18). The van der Waals surface area contributed by atoms with Crippen molar-refractivity contribution in [1.29, 1.82) is 0 Å². The third kappa shape index (κ3) is 4.56. The summed E-state index contributed by atoms with van der Waals surface area (Å²) in [5.41, 5.74) is 1.15. The van der Waals surface area contributed by atoms with Gasteiger partial charge in [0.25, 0.3) is 0 Å². The fourth-order valence-electron chi connectivity index (χ4n) is 1.58. The average molecular weight is 285 g/mol.